The number of carboxylic acids is 1. The van der Waals surface area contributed by atoms with Gasteiger partial charge in [-0.2, -0.15) is 0 Å². The molecule has 0 radical (unpaired) electrons. The highest BCUT2D eigenvalue weighted by atomic mass is 16.7. The number of aromatic carboxylic acids is 1. The van der Waals surface area contributed by atoms with Crippen LogP contribution in [0.5, 0.6) is 0 Å². The molecule has 1 aliphatic rings. The molecule has 0 aromatic heterocycles. The lowest BCUT2D eigenvalue weighted by Gasteiger charge is -2.16. The van der Waals surface area contributed by atoms with Crippen LogP contribution < -0.4 is 11.1 Å². The number of carbonyl (C=O) groups is 4. The highest BCUT2D eigenvalue weighted by Crippen LogP contribution is 2.18. The summed E-state index contributed by atoms with van der Waals surface area (Å²) in [4.78, 5) is 44.8. The second-order valence-electron chi connectivity index (χ2n) is 9.08. The van der Waals surface area contributed by atoms with Crippen molar-refractivity contribution in [2.24, 2.45) is 5.73 Å². The lowest BCUT2D eigenvalue weighted by molar-refractivity contribution is -0.140. The maximum absolute atomic E-state index is 12.0. The number of hydrogen-bond donors (Lipinski definition) is 3. The van der Waals surface area contributed by atoms with Crippen LogP contribution in [0.3, 0.4) is 0 Å². The van der Waals surface area contributed by atoms with Crippen LogP contribution in [0.25, 0.3) is 0 Å². The van der Waals surface area contributed by atoms with E-state index in [0.29, 0.717) is 63.5 Å². The SMILES string of the molecule is CCOC(CCCN)OCC.CCOC(CCCNC(=O)c1ccccc1C(=O)O)OCC.O=C1OC(=O)c2ccccc21. The number of amides is 1. The average molecular weight is 619 g/mol. The van der Waals surface area contributed by atoms with Gasteiger partial charge in [-0.3, -0.25) is 4.79 Å². The van der Waals surface area contributed by atoms with Gasteiger partial charge in [0.1, 0.15) is 0 Å². The molecule has 12 heteroatoms. The molecule has 0 aliphatic carbocycles. The summed E-state index contributed by atoms with van der Waals surface area (Å²) in [6.07, 6.45) is 2.91. The Morgan fingerprint density at radius 3 is 1.61 bits per heavy atom. The number of hydrogen-bond acceptors (Lipinski definition) is 10. The topological polar surface area (TPSA) is 173 Å². The van der Waals surface area contributed by atoms with Crippen molar-refractivity contribution in [3.63, 3.8) is 0 Å². The molecule has 3 rings (SSSR count). The van der Waals surface area contributed by atoms with Gasteiger partial charge in [-0.25, -0.2) is 14.4 Å². The Balaban J connectivity index is 0.000000367. The molecule has 2 aromatic carbocycles. The fourth-order valence-corrected chi connectivity index (χ4v) is 3.92. The van der Waals surface area contributed by atoms with Crippen LogP contribution in [0.4, 0.5) is 0 Å². The van der Waals surface area contributed by atoms with Crippen molar-refractivity contribution in [1.29, 1.82) is 0 Å². The van der Waals surface area contributed by atoms with Crippen molar-refractivity contribution in [2.45, 2.75) is 66.0 Å². The van der Waals surface area contributed by atoms with E-state index in [2.05, 4.69) is 10.1 Å². The molecule has 0 saturated carbocycles. The molecule has 0 fully saturated rings. The van der Waals surface area contributed by atoms with Crippen molar-refractivity contribution in [3.05, 3.63) is 70.8 Å². The number of rotatable bonds is 17. The molecule has 12 nitrogen and oxygen atoms in total. The Kier molecular flexibility index (Phi) is 19.9. The molecule has 244 valence electrons. The fraction of sp³-hybridized carbons (Fsp3) is 0.500. The molecule has 2 aromatic rings. The largest absolute Gasteiger partial charge is 0.478 e. The number of cyclic esters (lactones) is 2. The predicted octanol–water partition coefficient (Wildman–Crippen LogP) is 4.42. The Bertz CT molecular complexity index is 1110. The number of benzene rings is 2. The van der Waals surface area contributed by atoms with E-state index in [1.807, 2.05) is 27.7 Å². The highest BCUT2D eigenvalue weighted by Gasteiger charge is 2.28. The number of nitrogens with one attached hydrogen (secondary N) is 1. The van der Waals surface area contributed by atoms with E-state index in [0.717, 1.165) is 12.8 Å². The third-order valence-corrected chi connectivity index (χ3v) is 5.91. The van der Waals surface area contributed by atoms with Crippen molar-refractivity contribution in [2.75, 3.05) is 39.5 Å². The second kappa shape index (κ2) is 22.8. The molecule has 1 aliphatic heterocycles. The molecule has 0 spiro atoms. The first-order chi connectivity index (χ1) is 21.2. The van der Waals surface area contributed by atoms with Gasteiger partial charge >= 0.3 is 17.9 Å². The summed E-state index contributed by atoms with van der Waals surface area (Å²) in [5.41, 5.74) is 6.24. The van der Waals surface area contributed by atoms with Crippen molar-refractivity contribution in [1.82, 2.24) is 5.32 Å². The quantitative estimate of drug-likeness (QED) is 0.0992. The summed E-state index contributed by atoms with van der Waals surface area (Å²) >= 11 is 0. The van der Waals surface area contributed by atoms with Crippen LogP contribution in [0.2, 0.25) is 0 Å². The maximum atomic E-state index is 12.0. The molecule has 0 bridgehead atoms. The first kappa shape index (κ1) is 38.3. The van der Waals surface area contributed by atoms with Crippen LogP contribution in [0, 0.1) is 0 Å². The van der Waals surface area contributed by atoms with Gasteiger partial charge in [0.25, 0.3) is 5.91 Å². The molecule has 44 heavy (non-hydrogen) atoms. The summed E-state index contributed by atoms with van der Waals surface area (Å²) in [5.74, 6) is -2.60. The normalized spacial score (nSPS) is 11.7. The Morgan fingerprint density at radius 1 is 0.750 bits per heavy atom. The van der Waals surface area contributed by atoms with E-state index in [1.54, 1.807) is 36.4 Å². The minimum Gasteiger partial charge on any atom is -0.478 e. The monoisotopic (exact) mass is 618 g/mol. The van der Waals surface area contributed by atoms with Crippen LogP contribution in [-0.2, 0) is 23.7 Å². The van der Waals surface area contributed by atoms with Gasteiger partial charge in [-0.15, -0.1) is 0 Å². The van der Waals surface area contributed by atoms with E-state index in [-0.39, 0.29) is 29.6 Å². The van der Waals surface area contributed by atoms with Gasteiger partial charge in [0.05, 0.1) is 22.3 Å². The van der Waals surface area contributed by atoms with Gasteiger partial charge in [-0.1, -0.05) is 24.3 Å². The molecular formula is C32H46N2O10. The Hall–Kier alpha value is -3.68. The number of ether oxygens (including phenoxy) is 5. The lowest BCUT2D eigenvalue weighted by Crippen LogP contribution is -2.27. The van der Waals surface area contributed by atoms with E-state index in [9.17, 15) is 19.2 Å². The van der Waals surface area contributed by atoms with Gasteiger partial charge in [0, 0.05) is 39.4 Å². The zero-order chi connectivity index (χ0) is 32.7. The number of fused-ring (bicyclic) bond motifs is 1. The molecule has 0 atom stereocenters. The number of esters is 2. The summed E-state index contributed by atoms with van der Waals surface area (Å²) in [5, 5.41) is 11.8. The summed E-state index contributed by atoms with van der Waals surface area (Å²) < 4.78 is 25.8. The van der Waals surface area contributed by atoms with Gasteiger partial charge in [0.2, 0.25) is 0 Å². The zero-order valence-corrected chi connectivity index (χ0v) is 26.0. The summed E-state index contributed by atoms with van der Waals surface area (Å²) in [6, 6.07) is 12.7. The molecule has 0 saturated heterocycles. The minimum absolute atomic E-state index is 0.00140. The Morgan fingerprint density at radius 2 is 1.18 bits per heavy atom. The first-order valence-electron chi connectivity index (χ1n) is 14.9. The van der Waals surface area contributed by atoms with Crippen LogP contribution in [0.1, 0.15) is 94.8 Å². The van der Waals surface area contributed by atoms with Gasteiger partial charge in [0.15, 0.2) is 12.6 Å². The number of carbonyl (C=O) groups excluding carboxylic acids is 3. The number of carboxylic acid groups (broad SMARTS) is 1. The predicted molar refractivity (Wildman–Crippen MR) is 164 cm³/mol. The van der Waals surface area contributed by atoms with Crippen molar-refractivity contribution >= 4 is 23.8 Å². The molecule has 1 amide bonds. The van der Waals surface area contributed by atoms with Crippen molar-refractivity contribution in [3.8, 4) is 0 Å². The molecule has 1 heterocycles. The second-order valence-corrected chi connectivity index (χ2v) is 9.08. The molecular weight excluding hydrogens is 572 g/mol. The average Bonchev–Trinajstić information content (AvgIpc) is 3.32. The maximum Gasteiger partial charge on any atom is 0.346 e. The van der Waals surface area contributed by atoms with Crippen LogP contribution >= 0.6 is 0 Å². The van der Waals surface area contributed by atoms with Crippen LogP contribution in [0.15, 0.2) is 48.5 Å². The Labute approximate surface area is 259 Å². The van der Waals surface area contributed by atoms with E-state index in [4.69, 9.17) is 29.8 Å². The standard InChI is InChI=1S/C16H23NO5.C8H19NO2.C8H4O3/c1-3-21-14(22-4-2)10-7-11-17-15(18)12-8-5-6-9-13(12)16(19)20;1-3-10-8(11-4-2)6-5-7-9;9-7-5-3-1-2-4-6(5)8(10)11-7/h5-6,8-9,14H,3-4,7,10-11H2,1-2H3,(H,17,18)(H,19,20);8H,3-7,9H2,1-2H3;1-4H. The third-order valence-electron chi connectivity index (χ3n) is 5.91. The van der Waals surface area contributed by atoms with Crippen molar-refractivity contribution < 1.29 is 48.0 Å². The first-order valence-corrected chi connectivity index (χ1v) is 14.9. The fourth-order valence-electron chi connectivity index (χ4n) is 3.92. The summed E-state index contributed by atoms with van der Waals surface area (Å²) in [7, 11) is 0. The van der Waals surface area contributed by atoms with Gasteiger partial charge in [-0.05, 0) is 77.8 Å². The highest BCUT2D eigenvalue weighted by molar-refractivity contribution is 6.14. The smallest absolute Gasteiger partial charge is 0.346 e. The van der Waals surface area contributed by atoms with E-state index in [1.165, 1.54) is 12.1 Å². The van der Waals surface area contributed by atoms with Crippen LogP contribution in [-0.4, -0.2) is 81.0 Å². The van der Waals surface area contributed by atoms with E-state index >= 15 is 0 Å². The van der Waals surface area contributed by atoms with Gasteiger partial charge < -0.3 is 39.8 Å². The lowest BCUT2D eigenvalue weighted by atomic mass is 10.1. The minimum atomic E-state index is -1.11. The number of nitrogens with two attached hydrogens (primary N) is 1. The third kappa shape index (κ3) is 14.2. The summed E-state index contributed by atoms with van der Waals surface area (Å²) in [6.45, 7) is 11.4. The van der Waals surface area contributed by atoms with E-state index < -0.39 is 17.9 Å². The molecule has 0 unspecified atom stereocenters. The zero-order valence-electron chi connectivity index (χ0n) is 26.0. The molecule has 4 N–H and O–H groups in total.